The Balaban J connectivity index is 1.27. The molecule has 2 aromatic carbocycles. The molecule has 40 heavy (non-hydrogen) atoms. The number of carbonyl (C=O) groups is 1. The number of aromatic hydroxyl groups is 1. The lowest BCUT2D eigenvalue weighted by Crippen LogP contribution is -2.51. The summed E-state index contributed by atoms with van der Waals surface area (Å²) in [4.78, 5) is 28.6. The number of aliphatic hydroxyl groups is 1. The Morgan fingerprint density at radius 1 is 1.20 bits per heavy atom. The van der Waals surface area contributed by atoms with Gasteiger partial charge in [0, 0.05) is 37.5 Å². The van der Waals surface area contributed by atoms with Gasteiger partial charge in [0.1, 0.15) is 35.7 Å². The van der Waals surface area contributed by atoms with Gasteiger partial charge in [-0.15, -0.1) is 0 Å². The summed E-state index contributed by atoms with van der Waals surface area (Å²) in [6.45, 7) is 4.06. The number of anilines is 2. The van der Waals surface area contributed by atoms with Crippen molar-refractivity contribution in [1.82, 2.24) is 14.9 Å². The van der Waals surface area contributed by atoms with Crippen molar-refractivity contribution >= 4 is 28.2 Å². The summed E-state index contributed by atoms with van der Waals surface area (Å²) in [5, 5.41) is 21.7. The average molecular weight is 552 g/mol. The van der Waals surface area contributed by atoms with Crippen LogP contribution in [0.15, 0.2) is 24.3 Å². The van der Waals surface area contributed by atoms with Crippen molar-refractivity contribution in [2.45, 2.75) is 57.0 Å². The van der Waals surface area contributed by atoms with Crippen LogP contribution in [0.4, 0.5) is 20.3 Å². The lowest BCUT2D eigenvalue weighted by Gasteiger charge is -2.37. The van der Waals surface area contributed by atoms with Crippen LogP contribution in [0, 0.1) is 5.82 Å². The largest absolute Gasteiger partial charge is 0.508 e. The summed E-state index contributed by atoms with van der Waals surface area (Å²) in [6, 6.07) is 6.10. The fourth-order valence-corrected chi connectivity index (χ4v) is 6.96. The topological polar surface area (TPSA) is 102 Å². The Morgan fingerprint density at radius 3 is 2.80 bits per heavy atom. The van der Waals surface area contributed by atoms with Crippen molar-refractivity contribution in [3.8, 4) is 11.8 Å². The SMILES string of the molecule is CCc1c(F)ccc2cc(O)cc(N3Cc4nc(OC[C@@]56CCCN5C[C@H](F)C6)nc(N5CC(O)C5)c4C3=O)c12. The third kappa shape index (κ3) is 3.89. The summed E-state index contributed by atoms with van der Waals surface area (Å²) in [7, 11) is 0. The van der Waals surface area contributed by atoms with Crippen molar-refractivity contribution < 1.29 is 28.5 Å². The molecule has 9 nitrogen and oxygen atoms in total. The predicted octanol–water partition coefficient (Wildman–Crippen LogP) is 3.33. The highest BCUT2D eigenvalue weighted by Crippen LogP contribution is 2.43. The number of amides is 1. The van der Waals surface area contributed by atoms with Crippen LogP contribution in [0.1, 0.15) is 47.8 Å². The van der Waals surface area contributed by atoms with E-state index in [9.17, 15) is 23.8 Å². The van der Waals surface area contributed by atoms with Crippen LogP contribution in [0.25, 0.3) is 10.8 Å². The number of ether oxygens (including phenoxy) is 1. The first kappa shape index (κ1) is 25.4. The number of hydrogen-bond acceptors (Lipinski definition) is 8. The smallest absolute Gasteiger partial charge is 0.318 e. The quantitative estimate of drug-likeness (QED) is 0.481. The third-order valence-electron chi connectivity index (χ3n) is 8.88. The molecular formula is C29H31F2N5O4. The number of hydrogen-bond donors (Lipinski definition) is 2. The number of benzene rings is 2. The molecule has 0 bridgehead atoms. The molecule has 0 unspecified atom stereocenters. The second-order valence-corrected chi connectivity index (χ2v) is 11.4. The maximum atomic E-state index is 14.8. The second kappa shape index (κ2) is 9.24. The molecule has 4 aliphatic rings. The molecule has 0 spiro atoms. The molecule has 1 amide bonds. The van der Waals surface area contributed by atoms with Crippen molar-refractivity contribution in [3.05, 3.63) is 46.9 Å². The number of carbonyl (C=O) groups excluding carboxylic acids is 1. The minimum atomic E-state index is -0.885. The molecule has 5 heterocycles. The number of aryl methyl sites for hydroxylation is 1. The van der Waals surface area contributed by atoms with Gasteiger partial charge in [-0.1, -0.05) is 13.0 Å². The standard InChI is InChI=1S/C29H31F2N5O4/c1-2-20-21(31)5-4-16-8-18(37)9-23(24(16)20)36-14-22-25(27(36)39)26(34-12-19(38)13-34)33-28(32-22)40-15-29-6-3-7-35(29)11-17(30)10-29/h4-5,8-9,17,19,37-38H,2-3,6-7,10-15H2,1H3/t17-,29+/m1/s1. The van der Waals surface area contributed by atoms with Gasteiger partial charge >= 0.3 is 6.01 Å². The first-order valence-electron chi connectivity index (χ1n) is 13.9. The van der Waals surface area contributed by atoms with Crippen molar-refractivity contribution in [2.75, 3.05) is 42.6 Å². The minimum absolute atomic E-state index is 0.0378. The lowest BCUT2D eigenvalue weighted by molar-refractivity contribution is 0.0992. The van der Waals surface area contributed by atoms with E-state index in [0.717, 1.165) is 19.4 Å². The zero-order chi connectivity index (χ0) is 27.8. The summed E-state index contributed by atoms with van der Waals surface area (Å²) in [5.41, 5.74) is 1.23. The van der Waals surface area contributed by atoms with Crippen molar-refractivity contribution in [1.29, 1.82) is 0 Å². The van der Waals surface area contributed by atoms with Gasteiger partial charge in [0.05, 0.1) is 29.6 Å². The van der Waals surface area contributed by atoms with Crippen LogP contribution in [-0.2, 0) is 13.0 Å². The summed E-state index contributed by atoms with van der Waals surface area (Å²) >= 11 is 0. The van der Waals surface area contributed by atoms with Crippen molar-refractivity contribution in [2.24, 2.45) is 0 Å². The molecule has 0 aliphatic carbocycles. The van der Waals surface area contributed by atoms with Crippen LogP contribution in [0.3, 0.4) is 0 Å². The molecule has 3 saturated heterocycles. The number of β-amino-alcohol motifs (C(OH)–C–C–N with tert-alkyl or cyclic N) is 1. The van der Waals surface area contributed by atoms with E-state index < -0.39 is 12.3 Å². The number of fused-ring (bicyclic) bond motifs is 3. The summed E-state index contributed by atoms with van der Waals surface area (Å²) in [6.07, 6.45) is 1.23. The number of aromatic nitrogens is 2. The van der Waals surface area contributed by atoms with E-state index in [4.69, 9.17) is 4.74 Å². The molecule has 210 valence electrons. The summed E-state index contributed by atoms with van der Waals surface area (Å²) < 4.78 is 35.2. The van der Waals surface area contributed by atoms with E-state index in [-0.39, 0.29) is 42.2 Å². The van der Waals surface area contributed by atoms with Gasteiger partial charge in [-0.2, -0.15) is 9.97 Å². The minimum Gasteiger partial charge on any atom is -0.508 e. The highest BCUT2D eigenvalue weighted by atomic mass is 19.1. The number of alkyl halides is 1. The Morgan fingerprint density at radius 2 is 2.02 bits per heavy atom. The van der Waals surface area contributed by atoms with E-state index in [0.29, 0.717) is 71.6 Å². The maximum absolute atomic E-state index is 14.8. The molecule has 11 heteroatoms. The Labute approximate surface area is 230 Å². The molecule has 7 rings (SSSR count). The Bertz CT molecular complexity index is 1530. The fourth-order valence-electron chi connectivity index (χ4n) is 6.96. The number of phenolic OH excluding ortho intramolecular Hbond substituents is 1. The third-order valence-corrected chi connectivity index (χ3v) is 8.88. The van der Waals surface area contributed by atoms with Gasteiger partial charge < -0.3 is 24.7 Å². The second-order valence-electron chi connectivity index (χ2n) is 11.4. The van der Waals surface area contributed by atoms with Gasteiger partial charge in [-0.05, 0) is 48.9 Å². The monoisotopic (exact) mass is 551 g/mol. The van der Waals surface area contributed by atoms with Gasteiger partial charge in [0.15, 0.2) is 0 Å². The predicted molar refractivity (Wildman–Crippen MR) is 144 cm³/mol. The lowest BCUT2D eigenvalue weighted by atomic mass is 9.95. The number of rotatable bonds is 6. The van der Waals surface area contributed by atoms with E-state index in [2.05, 4.69) is 14.9 Å². The first-order valence-corrected chi connectivity index (χ1v) is 13.9. The molecule has 4 aliphatic heterocycles. The Hall–Kier alpha value is -3.57. The van der Waals surface area contributed by atoms with Crippen LogP contribution in [0.2, 0.25) is 0 Å². The van der Waals surface area contributed by atoms with Gasteiger partial charge in [0.25, 0.3) is 5.91 Å². The van der Waals surface area contributed by atoms with E-state index in [1.165, 1.54) is 17.0 Å². The van der Waals surface area contributed by atoms with Gasteiger partial charge in [-0.3, -0.25) is 9.69 Å². The van der Waals surface area contributed by atoms with Crippen LogP contribution in [0.5, 0.6) is 11.8 Å². The van der Waals surface area contributed by atoms with Crippen LogP contribution >= 0.6 is 0 Å². The zero-order valence-electron chi connectivity index (χ0n) is 22.2. The molecule has 0 radical (unpaired) electrons. The Kier molecular flexibility index (Phi) is 5.87. The van der Waals surface area contributed by atoms with E-state index >= 15 is 0 Å². The molecule has 1 aromatic heterocycles. The van der Waals surface area contributed by atoms with Gasteiger partial charge in [0.2, 0.25) is 0 Å². The highest BCUT2D eigenvalue weighted by Gasteiger charge is 2.49. The highest BCUT2D eigenvalue weighted by molar-refractivity contribution is 6.16. The molecule has 0 saturated carbocycles. The van der Waals surface area contributed by atoms with Crippen LogP contribution in [-0.4, -0.2) is 81.6 Å². The van der Waals surface area contributed by atoms with E-state index in [1.807, 2.05) is 11.8 Å². The molecule has 3 aromatic rings. The first-order chi connectivity index (χ1) is 19.3. The van der Waals surface area contributed by atoms with Crippen LogP contribution < -0.4 is 14.5 Å². The van der Waals surface area contributed by atoms with E-state index in [1.54, 1.807) is 12.1 Å². The normalized spacial score (nSPS) is 24.6. The number of phenols is 1. The van der Waals surface area contributed by atoms with Gasteiger partial charge in [-0.25, -0.2) is 8.78 Å². The fraction of sp³-hybridized carbons (Fsp3) is 0.483. The average Bonchev–Trinajstić information content (AvgIpc) is 3.54. The molecule has 2 atom stereocenters. The number of aliphatic hydroxyl groups excluding tert-OH is 1. The molecule has 2 N–H and O–H groups in total. The maximum Gasteiger partial charge on any atom is 0.318 e. The number of halogens is 2. The molecular weight excluding hydrogens is 520 g/mol. The zero-order valence-corrected chi connectivity index (χ0v) is 22.2. The summed E-state index contributed by atoms with van der Waals surface area (Å²) in [5.74, 6) is -0.406. The number of nitrogens with zero attached hydrogens (tertiary/aromatic N) is 5. The molecule has 3 fully saturated rings. The van der Waals surface area contributed by atoms with Crippen molar-refractivity contribution in [3.63, 3.8) is 0 Å².